The number of hydrogen-bond donors (Lipinski definition) is 1. The molecule has 0 unspecified atom stereocenters. The molecule has 0 spiro atoms. The fraction of sp³-hybridized carbons (Fsp3) is 0.111. The Hall–Kier alpha value is -1.36. The van der Waals surface area contributed by atoms with Gasteiger partial charge < -0.3 is 9.72 Å². The van der Waals surface area contributed by atoms with Crippen LogP contribution >= 0.6 is 15.9 Å². The van der Waals surface area contributed by atoms with E-state index in [0.29, 0.717) is 9.99 Å². The van der Waals surface area contributed by atoms with Crippen LogP contribution in [0.1, 0.15) is 4.11 Å². The van der Waals surface area contributed by atoms with Gasteiger partial charge in [-0.1, -0.05) is 0 Å². The molecular formula is C9H7BrN2O2. The second kappa shape index (κ2) is 3.42. The number of rotatable bonds is 1. The van der Waals surface area contributed by atoms with Gasteiger partial charge in [-0.3, -0.25) is 4.79 Å². The van der Waals surface area contributed by atoms with Gasteiger partial charge >= 0.3 is 0 Å². The Bertz CT molecular complexity index is 624. The third kappa shape index (κ3) is 1.29. The Labute approximate surface area is 92.3 Å². The molecule has 1 aromatic heterocycles. The van der Waals surface area contributed by atoms with Crippen molar-refractivity contribution >= 4 is 26.8 Å². The van der Waals surface area contributed by atoms with Crippen LogP contribution in [0.5, 0.6) is 5.75 Å². The SMILES string of the molecule is [2H]C([2H])([2H])Oc1ccc(Br)c2nc[nH]c(=O)c12. The maximum absolute atomic E-state index is 11.7. The van der Waals surface area contributed by atoms with E-state index in [1.807, 2.05) is 0 Å². The fourth-order valence-electron chi connectivity index (χ4n) is 1.21. The molecular weight excluding hydrogens is 248 g/mol. The minimum absolute atomic E-state index is 0.0162. The number of nitrogens with one attached hydrogen (secondary N) is 1. The average molecular weight is 258 g/mol. The lowest BCUT2D eigenvalue weighted by molar-refractivity contribution is 0.419. The third-order valence-electron chi connectivity index (χ3n) is 1.82. The van der Waals surface area contributed by atoms with Gasteiger partial charge in [0, 0.05) is 4.47 Å². The summed E-state index contributed by atoms with van der Waals surface area (Å²) in [7, 11) is -2.61. The van der Waals surface area contributed by atoms with E-state index in [2.05, 4.69) is 25.9 Å². The van der Waals surface area contributed by atoms with Crippen LogP contribution in [0.4, 0.5) is 0 Å². The second-order valence-corrected chi connectivity index (χ2v) is 3.46. The Morgan fingerprint density at radius 3 is 3.29 bits per heavy atom. The number of aromatic amines is 1. The standard InChI is InChI=1S/C9H7BrN2O2/c1-14-6-3-2-5(10)8-7(6)9(13)12-4-11-8/h2-4H,1H3,(H,11,12,13)/i1D3. The lowest BCUT2D eigenvalue weighted by Crippen LogP contribution is -2.07. The molecule has 0 atom stereocenters. The molecule has 0 amide bonds. The highest BCUT2D eigenvalue weighted by Gasteiger charge is 2.08. The Morgan fingerprint density at radius 1 is 1.64 bits per heavy atom. The Morgan fingerprint density at radius 2 is 2.50 bits per heavy atom. The number of benzene rings is 1. The molecule has 1 N–H and O–H groups in total. The van der Waals surface area contributed by atoms with Gasteiger partial charge in [-0.2, -0.15) is 0 Å². The van der Waals surface area contributed by atoms with Crippen molar-refractivity contribution in [1.82, 2.24) is 9.97 Å². The van der Waals surface area contributed by atoms with E-state index >= 15 is 0 Å². The number of nitrogens with zero attached hydrogens (tertiary/aromatic N) is 1. The number of aromatic nitrogens is 2. The van der Waals surface area contributed by atoms with Crippen molar-refractivity contribution in [3.05, 3.63) is 33.3 Å². The van der Waals surface area contributed by atoms with Crippen LogP contribution in [-0.4, -0.2) is 17.0 Å². The smallest absolute Gasteiger partial charge is 0.262 e. The van der Waals surface area contributed by atoms with E-state index in [4.69, 9.17) is 8.85 Å². The van der Waals surface area contributed by atoms with Gasteiger partial charge in [0.2, 0.25) is 0 Å². The predicted octanol–water partition coefficient (Wildman–Crippen LogP) is 1.69. The zero-order valence-corrected chi connectivity index (χ0v) is 8.46. The first kappa shape index (κ1) is 6.19. The first-order chi connectivity index (χ1) is 7.88. The second-order valence-electron chi connectivity index (χ2n) is 2.60. The quantitative estimate of drug-likeness (QED) is 0.846. The van der Waals surface area contributed by atoms with Crippen molar-refractivity contribution in [2.24, 2.45) is 0 Å². The van der Waals surface area contributed by atoms with Crippen LogP contribution in [0.15, 0.2) is 27.7 Å². The highest BCUT2D eigenvalue weighted by Crippen LogP contribution is 2.26. The normalized spacial score (nSPS) is 14.5. The van der Waals surface area contributed by atoms with Crippen molar-refractivity contribution < 1.29 is 8.85 Å². The molecule has 0 aliphatic rings. The molecule has 0 radical (unpaired) electrons. The lowest BCUT2D eigenvalue weighted by atomic mass is 10.2. The summed E-state index contributed by atoms with van der Waals surface area (Å²) in [6.07, 6.45) is 1.24. The van der Waals surface area contributed by atoms with Crippen molar-refractivity contribution in [2.45, 2.75) is 0 Å². The van der Waals surface area contributed by atoms with Gasteiger partial charge in [-0.05, 0) is 28.1 Å². The van der Waals surface area contributed by atoms with E-state index < -0.39 is 12.6 Å². The molecule has 2 rings (SSSR count). The first-order valence-corrected chi connectivity index (χ1v) is 4.53. The van der Waals surface area contributed by atoms with Gasteiger partial charge in [0.05, 0.1) is 23.0 Å². The number of hydrogen-bond acceptors (Lipinski definition) is 3. The molecule has 5 heteroatoms. The van der Waals surface area contributed by atoms with E-state index in [1.165, 1.54) is 12.4 Å². The van der Waals surface area contributed by atoms with Gasteiger partial charge in [0.15, 0.2) is 0 Å². The zero-order chi connectivity index (χ0) is 12.6. The average Bonchev–Trinajstić information content (AvgIpc) is 2.21. The molecule has 0 fully saturated rings. The molecule has 1 aromatic carbocycles. The summed E-state index contributed by atoms with van der Waals surface area (Å²) in [5.41, 5.74) is -0.0916. The lowest BCUT2D eigenvalue weighted by Gasteiger charge is -2.04. The molecule has 0 saturated heterocycles. The maximum atomic E-state index is 11.7. The summed E-state index contributed by atoms with van der Waals surface area (Å²) >= 11 is 3.23. The van der Waals surface area contributed by atoms with Crippen LogP contribution in [0.25, 0.3) is 10.9 Å². The maximum Gasteiger partial charge on any atom is 0.262 e. The first-order valence-electron chi connectivity index (χ1n) is 5.23. The summed E-state index contributed by atoms with van der Waals surface area (Å²) in [6.45, 7) is 0. The van der Waals surface area contributed by atoms with Crippen molar-refractivity contribution in [2.75, 3.05) is 7.04 Å². The number of ether oxygens (including phenoxy) is 1. The summed E-state index contributed by atoms with van der Waals surface area (Å²) < 4.78 is 26.5. The number of fused-ring (bicyclic) bond motifs is 1. The highest BCUT2D eigenvalue weighted by molar-refractivity contribution is 9.10. The van der Waals surface area contributed by atoms with E-state index in [-0.39, 0.29) is 11.1 Å². The van der Waals surface area contributed by atoms with Gasteiger partial charge in [0.1, 0.15) is 11.1 Å². The van der Waals surface area contributed by atoms with Crippen LogP contribution in [0.2, 0.25) is 0 Å². The molecule has 0 bridgehead atoms. The molecule has 1 heterocycles. The van der Waals surface area contributed by atoms with Crippen LogP contribution in [0.3, 0.4) is 0 Å². The van der Waals surface area contributed by atoms with Crippen molar-refractivity contribution in [1.29, 1.82) is 0 Å². The highest BCUT2D eigenvalue weighted by atomic mass is 79.9. The van der Waals surface area contributed by atoms with Crippen molar-refractivity contribution in [3.8, 4) is 5.75 Å². The number of halogens is 1. The van der Waals surface area contributed by atoms with E-state index in [0.717, 1.165) is 0 Å². The molecule has 0 aliphatic carbocycles. The number of methoxy groups -OCH3 is 1. The molecule has 0 aliphatic heterocycles. The molecule has 4 nitrogen and oxygen atoms in total. The molecule has 72 valence electrons. The number of H-pyrrole nitrogens is 1. The van der Waals surface area contributed by atoms with Crippen LogP contribution in [-0.2, 0) is 0 Å². The molecule has 14 heavy (non-hydrogen) atoms. The minimum Gasteiger partial charge on any atom is -0.496 e. The largest absolute Gasteiger partial charge is 0.496 e. The monoisotopic (exact) mass is 257 g/mol. The van der Waals surface area contributed by atoms with Crippen LogP contribution in [0, 0.1) is 0 Å². The Kier molecular flexibility index (Phi) is 1.51. The van der Waals surface area contributed by atoms with Gasteiger partial charge in [0.25, 0.3) is 5.56 Å². The predicted molar refractivity (Wildman–Crippen MR) is 56.6 cm³/mol. The summed E-state index contributed by atoms with van der Waals surface area (Å²) in [5, 5.41) is 0.109. The molecule has 0 saturated carbocycles. The summed E-state index contributed by atoms with van der Waals surface area (Å²) in [6, 6.07) is 2.99. The minimum atomic E-state index is -2.61. The summed E-state index contributed by atoms with van der Waals surface area (Å²) in [5.74, 6) is -0.0162. The third-order valence-corrected chi connectivity index (χ3v) is 2.46. The van der Waals surface area contributed by atoms with Crippen LogP contribution < -0.4 is 10.3 Å². The topological polar surface area (TPSA) is 55.0 Å². The van der Waals surface area contributed by atoms with E-state index in [1.54, 1.807) is 6.07 Å². The van der Waals surface area contributed by atoms with E-state index in [9.17, 15) is 4.79 Å². The van der Waals surface area contributed by atoms with Gasteiger partial charge in [-0.15, -0.1) is 0 Å². The molecule has 2 aromatic rings. The zero-order valence-electron chi connectivity index (χ0n) is 9.87. The van der Waals surface area contributed by atoms with Crippen molar-refractivity contribution in [3.63, 3.8) is 0 Å². The fourth-order valence-corrected chi connectivity index (χ4v) is 1.64. The van der Waals surface area contributed by atoms with Gasteiger partial charge in [-0.25, -0.2) is 4.98 Å². The summed E-state index contributed by atoms with van der Waals surface area (Å²) in [4.78, 5) is 18.0. The Balaban J connectivity index is 2.73.